The molecule has 10 heteroatoms. The van der Waals surface area contributed by atoms with E-state index in [2.05, 4.69) is 39.5 Å². The van der Waals surface area contributed by atoms with Crippen molar-refractivity contribution in [2.75, 3.05) is 46.1 Å². The standard InChI is InChI=1S/C50H95NO9/c1-6-11-14-17-20-21-22-23-24-25-26-27-28-31-34-38-47(52)57-42-45(44-59-50(55)56-40-35-39-51(9-4)10-5)43-58-48(53)41-49(54)60-46(36-32-29-18-15-12-7-2)37-33-30-19-16-13-8-3/h45-46H,6-44H2,1-5H3. The van der Waals surface area contributed by atoms with Gasteiger partial charge in [0.1, 0.15) is 32.3 Å². The molecule has 0 aliphatic heterocycles. The maximum absolute atomic E-state index is 12.9. The number of carbonyl (C=O) groups excluding carboxylic acids is 4. The second-order valence-corrected chi connectivity index (χ2v) is 17.1. The van der Waals surface area contributed by atoms with Gasteiger partial charge in [0.15, 0.2) is 0 Å². The summed E-state index contributed by atoms with van der Waals surface area (Å²) in [6.07, 6.45) is 33.8. The van der Waals surface area contributed by atoms with Gasteiger partial charge in [-0.25, -0.2) is 4.79 Å². The first-order valence-corrected chi connectivity index (χ1v) is 25.3. The minimum absolute atomic E-state index is 0.0802. The topological polar surface area (TPSA) is 118 Å². The highest BCUT2D eigenvalue weighted by molar-refractivity contribution is 5.91. The molecular weight excluding hydrogens is 759 g/mol. The lowest BCUT2D eigenvalue weighted by molar-refractivity contribution is -0.159. The van der Waals surface area contributed by atoms with Gasteiger partial charge in [-0.15, -0.1) is 0 Å². The average molecular weight is 854 g/mol. The van der Waals surface area contributed by atoms with Gasteiger partial charge in [-0.05, 0) is 51.6 Å². The van der Waals surface area contributed by atoms with Crippen molar-refractivity contribution < 1.29 is 42.9 Å². The Morgan fingerprint density at radius 2 is 0.817 bits per heavy atom. The van der Waals surface area contributed by atoms with E-state index in [0.717, 1.165) is 77.4 Å². The second-order valence-electron chi connectivity index (χ2n) is 17.1. The van der Waals surface area contributed by atoms with Crippen molar-refractivity contribution in [3.63, 3.8) is 0 Å². The van der Waals surface area contributed by atoms with Crippen LogP contribution in [0.3, 0.4) is 0 Å². The van der Waals surface area contributed by atoms with Crippen molar-refractivity contribution in [2.45, 2.75) is 246 Å². The molecule has 0 saturated heterocycles. The zero-order valence-corrected chi connectivity index (χ0v) is 39.9. The molecule has 1 atom stereocenters. The summed E-state index contributed by atoms with van der Waals surface area (Å²) in [5, 5.41) is 0. The first-order chi connectivity index (χ1) is 29.3. The van der Waals surface area contributed by atoms with Gasteiger partial charge in [0, 0.05) is 13.0 Å². The number of rotatable bonds is 45. The molecule has 0 fully saturated rings. The van der Waals surface area contributed by atoms with Gasteiger partial charge >= 0.3 is 24.1 Å². The predicted octanol–water partition coefficient (Wildman–Crippen LogP) is 13.6. The molecular formula is C50H95NO9. The fourth-order valence-corrected chi connectivity index (χ4v) is 7.45. The Morgan fingerprint density at radius 1 is 0.417 bits per heavy atom. The summed E-state index contributed by atoms with van der Waals surface area (Å²) in [6, 6.07) is 0. The Bertz CT molecular complexity index is 973. The van der Waals surface area contributed by atoms with Gasteiger partial charge in [0.2, 0.25) is 0 Å². The first-order valence-electron chi connectivity index (χ1n) is 25.3. The summed E-state index contributed by atoms with van der Waals surface area (Å²) in [5.74, 6) is -2.24. The van der Waals surface area contributed by atoms with E-state index in [-0.39, 0.29) is 38.5 Å². The van der Waals surface area contributed by atoms with E-state index in [9.17, 15) is 19.2 Å². The molecule has 0 aliphatic carbocycles. The summed E-state index contributed by atoms with van der Waals surface area (Å²) in [7, 11) is 0. The molecule has 0 aliphatic rings. The Balaban J connectivity index is 4.81. The Labute approximate surface area is 369 Å². The molecule has 0 bridgehead atoms. The second kappa shape index (κ2) is 44.7. The van der Waals surface area contributed by atoms with Crippen molar-refractivity contribution in [2.24, 2.45) is 5.92 Å². The molecule has 1 unspecified atom stereocenters. The fraction of sp³-hybridized carbons (Fsp3) is 0.920. The van der Waals surface area contributed by atoms with Crippen LogP contribution in [0.2, 0.25) is 0 Å². The lowest BCUT2D eigenvalue weighted by atomic mass is 10.0. The van der Waals surface area contributed by atoms with Crippen LogP contribution in [0.4, 0.5) is 4.79 Å². The first kappa shape index (κ1) is 57.6. The monoisotopic (exact) mass is 854 g/mol. The third kappa shape index (κ3) is 39.8. The molecule has 0 aromatic rings. The van der Waals surface area contributed by atoms with Gasteiger partial charge in [-0.3, -0.25) is 14.4 Å². The maximum Gasteiger partial charge on any atom is 0.508 e. The van der Waals surface area contributed by atoms with Crippen LogP contribution in [-0.2, 0) is 38.1 Å². The molecule has 0 amide bonds. The van der Waals surface area contributed by atoms with Gasteiger partial charge in [-0.1, -0.05) is 189 Å². The lowest BCUT2D eigenvalue weighted by Gasteiger charge is -2.19. The number of nitrogens with zero attached hydrogens (tertiary/aromatic N) is 1. The zero-order chi connectivity index (χ0) is 44.2. The zero-order valence-electron chi connectivity index (χ0n) is 39.9. The molecule has 0 radical (unpaired) electrons. The van der Waals surface area contributed by atoms with Crippen LogP contribution < -0.4 is 0 Å². The highest BCUT2D eigenvalue weighted by Gasteiger charge is 2.22. The van der Waals surface area contributed by atoms with Crippen LogP contribution in [0.1, 0.15) is 240 Å². The van der Waals surface area contributed by atoms with Crippen LogP contribution in [0.5, 0.6) is 0 Å². The third-order valence-electron chi connectivity index (χ3n) is 11.5. The fourth-order valence-electron chi connectivity index (χ4n) is 7.45. The minimum Gasteiger partial charge on any atom is -0.465 e. The van der Waals surface area contributed by atoms with Crippen molar-refractivity contribution in [1.82, 2.24) is 4.90 Å². The van der Waals surface area contributed by atoms with Crippen LogP contribution in [0.25, 0.3) is 0 Å². The predicted molar refractivity (Wildman–Crippen MR) is 245 cm³/mol. The van der Waals surface area contributed by atoms with Crippen molar-refractivity contribution >= 4 is 24.1 Å². The molecule has 0 aromatic heterocycles. The van der Waals surface area contributed by atoms with Gasteiger partial charge < -0.3 is 28.6 Å². The quantitative estimate of drug-likeness (QED) is 0.0253. The summed E-state index contributed by atoms with van der Waals surface area (Å²) in [4.78, 5) is 53.0. The van der Waals surface area contributed by atoms with E-state index in [0.29, 0.717) is 12.8 Å². The summed E-state index contributed by atoms with van der Waals surface area (Å²) >= 11 is 0. The SMILES string of the molecule is CCCCCCCCCCCCCCCCCC(=O)OCC(COC(=O)CC(=O)OC(CCCCCCCC)CCCCCCCC)COC(=O)OCCCN(CC)CC. The number of carbonyl (C=O) groups is 4. The van der Waals surface area contributed by atoms with E-state index in [1.54, 1.807) is 0 Å². The van der Waals surface area contributed by atoms with E-state index < -0.39 is 30.4 Å². The highest BCUT2D eigenvalue weighted by atomic mass is 16.7. The van der Waals surface area contributed by atoms with Crippen LogP contribution in [-0.4, -0.2) is 81.1 Å². The van der Waals surface area contributed by atoms with E-state index in [4.69, 9.17) is 23.7 Å². The molecule has 0 saturated carbocycles. The molecule has 0 N–H and O–H groups in total. The molecule has 60 heavy (non-hydrogen) atoms. The van der Waals surface area contributed by atoms with Crippen molar-refractivity contribution in [1.29, 1.82) is 0 Å². The number of ether oxygens (including phenoxy) is 5. The number of esters is 3. The van der Waals surface area contributed by atoms with Crippen molar-refractivity contribution in [3.05, 3.63) is 0 Å². The molecule has 0 spiro atoms. The number of unbranched alkanes of at least 4 members (excludes halogenated alkanes) is 24. The third-order valence-corrected chi connectivity index (χ3v) is 11.5. The number of hydrogen-bond acceptors (Lipinski definition) is 10. The average Bonchev–Trinajstić information content (AvgIpc) is 3.24. The number of hydrogen-bond donors (Lipinski definition) is 0. The Kier molecular flexibility index (Phi) is 42.9. The van der Waals surface area contributed by atoms with Gasteiger partial charge in [0.05, 0.1) is 12.5 Å². The molecule has 0 aromatic carbocycles. The molecule has 10 nitrogen and oxygen atoms in total. The normalized spacial score (nSPS) is 11.8. The van der Waals surface area contributed by atoms with E-state index >= 15 is 0 Å². The highest BCUT2D eigenvalue weighted by Crippen LogP contribution is 2.18. The van der Waals surface area contributed by atoms with E-state index in [1.807, 2.05) is 0 Å². The smallest absolute Gasteiger partial charge is 0.465 e. The Hall–Kier alpha value is -2.36. The largest absolute Gasteiger partial charge is 0.508 e. The van der Waals surface area contributed by atoms with E-state index in [1.165, 1.54) is 128 Å². The van der Waals surface area contributed by atoms with Crippen molar-refractivity contribution in [3.8, 4) is 0 Å². The maximum atomic E-state index is 12.9. The van der Waals surface area contributed by atoms with Crippen LogP contribution in [0, 0.1) is 5.92 Å². The molecule has 0 heterocycles. The summed E-state index contributed by atoms with van der Waals surface area (Å²) < 4.78 is 27.4. The van der Waals surface area contributed by atoms with Crippen LogP contribution >= 0.6 is 0 Å². The van der Waals surface area contributed by atoms with Gasteiger partial charge in [-0.2, -0.15) is 0 Å². The Morgan fingerprint density at radius 3 is 1.27 bits per heavy atom. The summed E-state index contributed by atoms with van der Waals surface area (Å²) in [5.41, 5.74) is 0. The minimum atomic E-state index is -0.819. The molecule has 354 valence electrons. The molecule has 0 rings (SSSR count). The van der Waals surface area contributed by atoms with Crippen LogP contribution in [0.15, 0.2) is 0 Å². The van der Waals surface area contributed by atoms with Gasteiger partial charge in [0.25, 0.3) is 0 Å². The lowest BCUT2D eigenvalue weighted by Crippen LogP contribution is -2.28. The summed E-state index contributed by atoms with van der Waals surface area (Å²) in [6.45, 7) is 13.3.